The van der Waals surface area contributed by atoms with Crippen molar-refractivity contribution >= 4 is 27.7 Å². The molecule has 0 bridgehead atoms. The standard InChI is InChI=1S/C19H17BrN4O2/c20-18-14(7-21)6-16(8-22-18)24-10-15-9-23(11-17(15)24)19(25)26-12-13-4-2-1-3-5-13/h1-6,8,15,17H,9-12H2/t15-,17-/m1/s1. The highest BCUT2D eigenvalue weighted by molar-refractivity contribution is 9.10. The van der Waals surface area contributed by atoms with Crippen molar-refractivity contribution in [3.8, 4) is 6.07 Å². The predicted molar refractivity (Wildman–Crippen MR) is 99.5 cm³/mol. The van der Waals surface area contributed by atoms with Crippen LogP contribution in [0.25, 0.3) is 0 Å². The average Bonchev–Trinajstić information content (AvgIpc) is 2.99. The van der Waals surface area contributed by atoms with E-state index in [9.17, 15) is 4.79 Å². The zero-order chi connectivity index (χ0) is 18.1. The van der Waals surface area contributed by atoms with Crippen molar-refractivity contribution in [1.29, 1.82) is 5.26 Å². The topological polar surface area (TPSA) is 69.5 Å². The first-order valence-corrected chi connectivity index (χ1v) is 9.23. The van der Waals surface area contributed by atoms with E-state index in [1.807, 2.05) is 36.4 Å². The van der Waals surface area contributed by atoms with Crippen LogP contribution in [0.5, 0.6) is 0 Å². The Morgan fingerprint density at radius 2 is 2.12 bits per heavy atom. The number of anilines is 1. The third-order valence-corrected chi connectivity index (χ3v) is 5.61. The number of halogens is 1. The first kappa shape index (κ1) is 16.9. The van der Waals surface area contributed by atoms with Crippen LogP contribution in [-0.2, 0) is 11.3 Å². The van der Waals surface area contributed by atoms with Crippen LogP contribution in [-0.4, -0.2) is 41.7 Å². The Bertz CT molecular complexity index is 868. The van der Waals surface area contributed by atoms with E-state index in [2.05, 4.69) is 31.9 Å². The van der Waals surface area contributed by atoms with E-state index < -0.39 is 0 Å². The predicted octanol–water partition coefficient (Wildman–Crippen LogP) is 3.17. The van der Waals surface area contributed by atoms with Gasteiger partial charge in [-0.3, -0.25) is 0 Å². The maximum atomic E-state index is 12.3. The van der Waals surface area contributed by atoms with Crippen molar-refractivity contribution in [3.63, 3.8) is 0 Å². The summed E-state index contributed by atoms with van der Waals surface area (Å²) in [6.45, 7) is 2.50. The molecule has 2 fully saturated rings. The van der Waals surface area contributed by atoms with Crippen molar-refractivity contribution in [3.05, 3.63) is 58.3 Å². The molecular weight excluding hydrogens is 396 g/mol. The summed E-state index contributed by atoms with van der Waals surface area (Å²) < 4.78 is 5.99. The molecule has 132 valence electrons. The van der Waals surface area contributed by atoms with Crippen molar-refractivity contribution in [2.24, 2.45) is 5.92 Å². The third kappa shape index (κ3) is 3.13. The van der Waals surface area contributed by atoms with Gasteiger partial charge in [-0.2, -0.15) is 5.26 Å². The van der Waals surface area contributed by atoms with Gasteiger partial charge in [0.05, 0.1) is 23.5 Å². The minimum Gasteiger partial charge on any atom is -0.445 e. The fourth-order valence-corrected chi connectivity index (χ4v) is 3.87. The van der Waals surface area contributed by atoms with Crippen LogP contribution >= 0.6 is 15.9 Å². The Labute approximate surface area is 160 Å². The second-order valence-electron chi connectivity index (χ2n) is 6.57. The zero-order valence-corrected chi connectivity index (χ0v) is 15.6. The van der Waals surface area contributed by atoms with Crippen molar-refractivity contribution in [2.75, 3.05) is 24.5 Å². The van der Waals surface area contributed by atoms with Gasteiger partial charge in [0.15, 0.2) is 0 Å². The molecule has 7 heteroatoms. The Hall–Kier alpha value is -2.59. The Morgan fingerprint density at radius 3 is 2.88 bits per heavy atom. The van der Waals surface area contributed by atoms with Gasteiger partial charge in [-0.1, -0.05) is 30.3 Å². The first-order valence-electron chi connectivity index (χ1n) is 8.43. The molecule has 0 unspecified atom stereocenters. The molecule has 2 atom stereocenters. The number of nitrogens with zero attached hydrogens (tertiary/aromatic N) is 4. The van der Waals surface area contributed by atoms with Crippen LogP contribution < -0.4 is 4.90 Å². The quantitative estimate of drug-likeness (QED) is 0.724. The molecule has 6 nitrogen and oxygen atoms in total. The number of hydrogen-bond acceptors (Lipinski definition) is 5. The number of carbonyl (C=O) groups is 1. The Morgan fingerprint density at radius 1 is 1.31 bits per heavy atom. The molecule has 2 saturated heterocycles. The fourth-order valence-electron chi connectivity index (χ4n) is 3.57. The number of hydrogen-bond donors (Lipinski definition) is 0. The highest BCUT2D eigenvalue weighted by Gasteiger charge is 2.47. The molecule has 2 aliphatic heterocycles. The Balaban J connectivity index is 1.37. The second-order valence-corrected chi connectivity index (χ2v) is 7.32. The van der Waals surface area contributed by atoms with Gasteiger partial charge in [-0.05, 0) is 27.6 Å². The van der Waals surface area contributed by atoms with Crippen LogP contribution in [0.2, 0.25) is 0 Å². The molecule has 0 aliphatic carbocycles. The molecule has 0 spiro atoms. The van der Waals surface area contributed by atoms with E-state index in [4.69, 9.17) is 10.00 Å². The molecule has 0 N–H and O–H groups in total. The maximum absolute atomic E-state index is 12.3. The minimum absolute atomic E-state index is 0.258. The number of aromatic nitrogens is 1. The number of fused-ring (bicyclic) bond motifs is 1. The molecule has 2 aliphatic rings. The molecule has 26 heavy (non-hydrogen) atoms. The average molecular weight is 413 g/mol. The van der Waals surface area contributed by atoms with Crippen LogP contribution in [0.1, 0.15) is 11.1 Å². The maximum Gasteiger partial charge on any atom is 0.410 e. The van der Waals surface area contributed by atoms with Gasteiger partial charge < -0.3 is 14.5 Å². The number of rotatable bonds is 3. The Kier molecular flexibility index (Phi) is 4.51. The van der Waals surface area contributed by atoms with Crippen molar-refractivity contribution < 1.29 is 9.53 Å². The summed E-state index contributed by atoms with van der Waals surface area (Å²) in [5.41, 5.74) is 2.42. The number of ether oxygens (including phenoxy) is 1. The molecule has 0 radical (unpaired) electrons. The highest BCUT2D eigenvalue weighted by Crippen LogP contribution is 2.37. The van der Waals surface area contributed by atoms with Gasteiger partial charge in [0.1, 0.15) is 17.3 Å². The van der Waals surface area contributed by atoms with Crippen molar-refractivity contribution in [1.82, 2.24) is 9.88 Å². The number of benzene rings is 1. The molecule has 4 rings (SSSR count). The first-order chi connectivity index (χ1) is 12.7. The highest BCUT2D eigenvalue weighted by atomic mass is 79.9. The van der Waals surface area contributed by atoms with E-state index in [-0.39, 0.29) is 18.7 Å². The van der Waals surface area contributed by atoms with E-state index >= 15 is 0 Å². The summed E-state index contributed by atoms with van der Waals surface area (Å²) in [5.74, 6) is 0.438. The van der Waals surface area contributed by atoms with E-state index in [0.717, 1.165) is 17.8 Å². The summed E-state index contributed by atoms with van der Waals surface area (Å²) >= 11 is 3.28. The summed E-state index contributed by atoms with van der Waals surface area (Å²) in [5, 5.41) is 9.16. The fraction of sp³-hybridized carbons (Fsp3) is 0.316. The lowest BCUT2D eigenvalue weighted by molar-refractivity contribution is 0.103. The largest absolute Gasteiger partial charge is 0.445 e. The summed E-state index contributed by atoms with van der Waals surface area (Å²) in [6.07, 6.45) is 1.49. The van der Waals surface area contributed by atoms with Gasteiger partial charge >= 0.3 is 6.09 Å². The summed E-state index contributed by atoms with van der Waals surface area (Å²) in [7, 11) is 0. The number of amides is 1. The van der Waals surface area contributed by atoms with Gasteiger partial charge in [0, 0.05) is 25.6 Å². The zero-order valence-electron chi connectivity index (χ0n) is 14.0. The number of likely N-dealkylation sites (tertiary alicyclic amines) is 1. The van der Waals surface area contributed by atoms with Crippen LogP contribution in [0.4, 0.5) is 10.5 Å². The molecule has 3 heterocycles. The van der Waals surface area contributed by atoms with Crippen LogP contribution in [0.15, 0.2) is 47.2 Å². The third-order valence-electron chi connectivity index (χ3n) is 4.98. The molecule has 1 aromatic carbocycles. The van der Waals surface area contributed by atoms with Gasteiger partial charge in [-0.25, -0.2) is 9.78 Å². The SMILES string of the molecule is N#Cc1cc(N2C[C@H]3CN(C(=O)OCc4ccccc4)C[C@H]32)cnc1Br. The molecule has 1 aromatic heterocycles. The van der Waals surface area contributed by atoms with Crippen molar-refractivity contribution in [2.45, 2.75) is 12.6 Å². The van der Waals surface area contributed by atoms with Crippen LogP contribution in [0.3, 0.4) is 0 Å². The normalized spacial score (nSPS) is 20.9. The molecular formula is C19H17BrN4O2. The minimum atomic E-state index is -0.269. The number of pyridine rings is 1. The second kappa shape index (κ2) is 6.96. The van der Waals surface area contributed by atoms with Gasteiger partial charge in [-0.15, -0.1) is 0 Å². The van der Waals surface area contributed by atoms with Gasteiger partial charge in [0.2, 0.25) is 0 Å². The molecule has 1 amide bonds. The van der Waals surface area contributed by atoms with Gasteiger partial charge in [0.25, 0.3) is 0 Å². The molecule has 2 aromatic rings. The lowest BCUT2D eigenvalue weighted by Crippen LogP contribution is -2.55. The lowest BCUT2D eigenvalue weighted by Gasteiger charge is -2.45. The van der Waals surface area contributed by atoms with E-state index in [1.54, 1.807) is 11.1 Å². The summed E-state index contributed by atoms with van der Waals surface area (Å²) in [4.78, 5) is 20.6. The monoisotopic (exact) mass is 412 g/mol. The van der Waals surface area contributed by atoms with E-state index in [0.29, 0.717) is 29.2 Å². The van der Waals surface area contributed by atoms with E-state index in [1.165, 1.54) is 0 Å². The number of carbonyl (C=O) groups excluding carboxylic acids is 1. The lowest BCUT2D eigenvalue weighted by atomic mass is 9.91. The smallest absolute Gasteiger partial charge is 0.410 e. The summed E-state index contributed by atoms with van der Waals surface area (Å²) in [6, 6.07) is 13.9. The number of nitriles is 1. The molecule has 0 saturated carbocycles. The van der Waals surface area contributed by atoms with Crippen LogP contribution in [0, 0.1) is 17.2 Å².